The zero-order valence-corrected chi connectivity index (χ0v) is 23.8. The molecule has 3 N–H and O–H groups in total. The molecular weight excluding hydrogens is 601 g/mol. The number of carbonyl (C=O) groups excluding carboxylic acids is 3. The Kier molecular flexibility index (Phi) is 8.38. The lowest BCUT2D eigenvalue weighted by molar-refractivity contribution is -0.207. The summed E-state index contributed by atoms with van der Waals surface area (Å²) in [7, 11) is 0. The average Bonchev–Trinajstić information content (AvgIpc) is 3.52. The quantitative estimate of drug-likeness (QED) is 0.261. The summed E-state index contributed by atoms with van der Waals surface area (Å²) in [6.07, 6.45) is -6.97. The van der Waals surface area contributed by atoms with Crippen LogP contribution in [0.5, 0.6) is 11.5 Å². The molecule has 13 nitrogen and oxygen atoms in total. The number of cyclic esters (lactones) is 1. The van der Waals surface area contributed by atoms with Gasteiger partial charge in [0.15, 0.2) is 18.2 Å². The number of halogens is 3. The molecular formula is C29H29F3N6O7. The number of nitrogens with zero attached hydrogens (tertiary/aromatic N) is 3. The van der Waals surface area contributed by atoms with Gasteiger partial charge in [0, 0.05) is 37.0 Å². The first kappa shape index (κ1) is 30.4. The second-order valence-electron chi connectivity index (χ2n) is 11.2. The highest BCUT2D eigenvalue weighted by Crippen LogP contribution is 2.43. The summed E-state index contributed by atoms with van der Waals surface area (Å²) in [6, 6.07) is 8.38. The Morgan fingerprint density at radius 2 is 2.07 bits per heavy atom. The molecule has 3 atom stereocenters. The predicted molar refractivity (Wildman–Crippen MR) is 149 cm³/mol. The van der Waals surface area contributed by atoms with Crippen LogP contribution in [-0.2, 0) is 25.5 Å². The van der Waals surface area contributed by atoms with Crippen LogP contribution in [-0.4, -0.2) is 81.2 Å². The van der Waals surface area contributed by atoms with E-state index >= 15 is 0 Å². The molecule has 2 amide bonds. The molecule has 3 aliphatic heterocycles. The maximum absolute atomic E-state index is 13.2. The molecule has 1 aromatic heterocycles. The van der Waals surface area contributed by atoms with E-state index in [0.29, 0.717) is 42.2 Å². The van der Waals surface area contributed by atoms with Crippen molar-refractivity contribution in [2.45, 2.75) is 31.2 Å². The van der Waals surface area contributed by atoms with E-state index in [0.717, 1.165) is 13.1 Å². The Hall–Kier alpha value is -4.62. The fourth-order valence-electron chi connectivity index (χ4n) is 5.67. The van der Waals surface area contributed by atoms with Gasteiger partial charge in [-0.3, -0.25) is 9.69 Å². The Morgan fingerprint density at radius 3 is 2.80 bits per heavy atom. The molecule has 0 radical (unpaired) electrons. The number of pyridine rings is 1. The number of hydrogen-bond donors (Lipinski definition) is 3. The summed E-state index contributed by atoms with van der Waals surface area (Å²) in [5, 5.41) is 18.7. The van der Waals surface area contributed by atoms with E-state index in [-0.39, 0.29) is 55.1 Å². The summed E-state index contributed by atoms with van der Waals surface area (Å²) in [5.41, 5.74) is 1.09. The van der Waals surface area contributed by atoms with Gasteiger partial charge in [-0.25, -0.2) is 14.6 Å². The smallest absolute Gasteiger partial charge is 0.490 e. The lowest BCUT2D eigenvalue weighted by atomic mass is 10.0. The number of hydrogen-bond acceptors (Lipinski definition) is 11. The number of alkyl halides is 3. The van der Waals surface area contributed by atoms with Gasteiger partial charge in [0.25, 0.3) is 5.91 Å². The normalized spacial score (nSPS) is 22.4. The summed E-state index contributed by atoms with van der Waals surface area (Å²) in [5.74, 6) is -1.78. The van der Waals surface area contributed by atoms with Gasteiger partial charge in [-0.15, -0.1) is 0 Å². The van der Waals surface area contributed by atoms with Crippen LogP contribution in [0.3, 0.4) is 0 Å². The molecule has 0 saturated carbocycles. The van der Waals surface area contributed by atoms with Crippen molar-refractivity contribution < 1.29 is 46.5 Å². The molecule has 45 heavy (non-hydrogen) atoms. The minimum atomic E-state index is -5.19. The van der Waals surface area contributed by atoms with E-state index in [9.17, 15) is 32.8 Å². The third-order valence-corrected chi connectivity index (χ3v) is 8.06. The van der Waals surface area contributed by atoms with E-state index in [1.54, 1.807) is 24.3 Å². The largest absolute Gasteiger partial charge is 0.493 e. The zero-order valence-electron chi connectivity index (χ0n) is 23.8. The van der Waals surface area contributed by atoms with Crippen molar-refractivity contribution >= 4 is 29.6 Å². The number of ether oxygens (including phenoxy) is 4. The SMILES string of the molecule is N#Cc1cc(OCC2CNC2)cc2c1CC(CNCCC1CN(c3ccc4c(n3)NC(=O)CO4)C(=O)O1)C2OC(=O)C(F)(F)F. The van der Waals surface area contributed by atoms with Crippen molar-refractivity contribution in [1.29, 1.82) is 5.26 Å². The summed E-state index contributed by atoms with van der Waals surface area (Å²) in [6.45, 7) is 2.51. The van der Waals surface area contributed by atoms with Crippen molar-refractivity contribution in [2.24, 2.45) is 11.8 Å². The third kappa shape index (κ3) is 6.59. The minimum absolute atomic E-state index is 0.124. The maximum atomic E-state index is 13.2. The van der Waals surface area contributed by atoms with Gasteiger partial charge in [-0.2, -0.15) is 18.4 Å². The molecule has 0 bridgehead atoms. The van der Waals surface area contributed by atoms with Gasteiger partial charge < -0.3 is 34.9 Å². The highest BCUT2D eigenvalue weighted by atomic mass is 19.4. The van der Waals surface area contributed by atoms with Gasteiger partial charge in [-0.05, 0) is 49.2 Å². The van der Waals surface area contributed by atoms with E-state index in [1.165, 1.54) is 4.90 Å². The first-order valence-corrected chi connectivity index (χ1v) is 14.4. The van der Waals surface area contributed by atoms with Gasteiger partial charge in [0.1, 0.15) is 23.8 Å². The zero-order chi connectivity index (χ0) is 31.7. The second-order valence-corrected chi connectivity index (χ2v) is 11.2. The molecule has 1 aromatic carbocycles. The number of nitriles is 1. The van der Waals surface area contributed by atoms with Gasteiger partial charge in [0.2, 0.25) is 0 Å². The Morgan fingerprint density at radius 1 is 1.24 bits per heavy atom. The number of benzene rings is 1. The molecule has 6 rings (SSSR count). The molecule has 238 valence electrons. The molecule has 4 aliphatic rings. The third-order valence-electron chi connectivity index (χ3n) is 8.06. The van der Waals surface area contributed by atoms with E-state index in [2.05, 4.69) is 27.0 Å². The van der Waals surface area contributed by atoms with Crippen LogP contribution >= 0.6 is 0 Å². The molecule has 2 saturated heterocycles. The number of fused-ring (bicyclic) bond motifs is 2. The fraction of sp³-hybridized carbons (Fsp3) is 0.483. The van der Waals surface area contributed by atoms with Crippen LogP contribution < -0.4 is 30.3 Å². The van der Waals surface area contributed by atoms with E-state index in [4.69, 9.17) is 18.9 Å². The summed E-state index contributed by atoms with van der Waals surface area (Å²) < 4.78 is 61.2. The lowest BCUT2D eigenvalue weighted by Gasteiger charge is -2.27. The number of amides is 2. The number of anilines is 2. The number of esters is 1. The van der Waals surface area contributed by atoms with Gasteiger partial charge in [-0.1, -0.05) is 0 Å². The Bertz CT molecular complexity index is 1540. The predicted octanol–water partition coefficient (Wildman–Crippen LogP) is 2.21. The lowest BCUT2D eigenvalue weighted by Crippen LogP contribution is -2.45. The van der Waals surface area contributed by atoms with Crippen molar-refractivity contribution in [3.63, 3.8) is 0 Å². The second kappa shape index (κ2) is 12.4. The Labute approximate surface area is 254 Å². The maximum Gasteiger partial charge on any atom is 0.490 e. The average molecular weight is 631 g/mol. The van der Waals surface area contributed by atoms with E-state index in [1.807, 2.05) is 0 Å². The number of carbonyl (C=O) groups is 3. The van der Waals surface area contributed by atoms with Crippen molar-refractivity contribution in [2.75, 3.05) is 56.2 Å². The van der Waals surface area contributed by atoms with Crippen molar-refractivity contribution in [1.82, 2.24) is 15.6 Å². The highest BCUT2D eigenvalue weighted by Gasteiger charge is 2.46. The number of rotatable bonds is 10. The monoisotopic (exact) mass is 630 g/mol. The number of nitrogens with one attached hydrogen (secondary N) is 3. The molecule has 1 aliphatic carbocycles. The first-order chi connectivity index (χ1) is 21.6. The van der Waals surface area contributed by atoms with Gasteiger partial charge in [0.05, 0.1) is 24.8 Å². The first-order valence-electron chi connectivity index (χ1n) is 14.4. The summed E-state index contributed by atoms with van der Waals surface area (Å²) >= 11 is 0. The molecule has 16 heteroatoms. The molecule has 4 heterocycles. The van der Waals surface area contributed by atoms with Gasteiger partial charge >= 0.3 is 18.2 Å². The van der Waals surface area contributed by atoms with Crippen LogP contribution in [0.1, 0.15) is 29.2 Å². The number of aromatic nitrogens is 1. The standard InChI is InChI=1S/C29H29F3N6O7/c30-29(31,32)27(40)45-25-17(6-20-16(8-33)5-19(7-21(20)25)42-13-15-9-35-10-15)11-34-4-3-18-12-38(28(41)44-18)23-2-1-22-26(36-23)37-24(39)14-43-22/h1-2,5,7,15,17-18,25,34-35H,3-4,6,9-14H2,(H,36,37,39). The topological polar surface area (TPSA) is 164 Å². The Balaban J connectivity index is 1.08. The minimum Gasteiger partial charge on any atom is -0.493 e. The molecule has 3 unspecified atom stereocenters. The van der Waals surface area contributed by atoms with Crippen molar-refractivity contribution in [3.8, 4) is 17.6 Å². The fourth-order valence-corrected chi connectivity index (χ4v) is 5.67. The van der Waals surface area contributed by atoms with Crippen LogP contribution in [0.2, 0.25) is 0 Å². The van der Waals surface area contributed by atoms with E-state index < -0.39 is 36.4 Å². The molecule has 0 spiro atoms. The van der Waals surface area contributed by atoms with Crippen LogP contribution in [0.4, 0.5) is 29.6 Å². The highest BCUT2D eigenvalue weighted by molar-refractivity contribution is 5.95. The van der Waals surface area contributed by atoms with Crippen LogP contribution in [0, 0.1) is 23.2 Å². The van der Waals surface area contributed by atoms with Crippen molar-refractivity contribution in [3.05, 3.63) is 41.0 Å². The van der Waals surface area contributed by atoms with Crippen LogP contribution in [0.15, 0.2) is 24.3 Å². The van der Waals surface area contributed by atoms with Crippen LogP contribution in [0.25, 0.3) is 0 Å². The summed E-state index contributed by atoms with van der Waals surface area (Å²) in [4.78, 5) is 41.7. The molecule has 2 aromatic rings. The molecule has 2 fully saturated rings.